The quantitative estimate of drug-likeness (QED) is 0.0999. The van der Waals surface area contributed by atoms with Crippen molar-refractivity contribution in [2.45, 2.75) is 26.9 Å². The van der Waals surface area contributed by atoms with E-state index in [1.54, 1.807) is 38.3 Å². The van der Waals surface area contributed by atoms with E-state index in [4.69, 9.17) is 14.2 Å². The number of aromatic nitrogens is 2. The molecule has 6 rings (SSSR count). The summed E-state index contributed by atoms with van der Waals surface area (Å²) in [6.45, 7) is 5.36. The summed E-state index contributed by atoms with van der Waals surface area (Å²) >= 11 is 0. The predicted octanol–water partition coefficient (Wildman–Crippen LogP) is 9.82. The lowest BCUT2D eigenvalue weighted by Gasteiger charge is -2.14. The molecule has 0 amide bonds. The monoisotopic (exact) mass is 718 g/mol. The average Bonchev–Trinajstić information content (AvgIpc) is 3.14. The van der Waals surface area contributed by atoms with Gasteiger partial charge in [0.2, 0.25) is 0 Å². The molecule has 0 aliphatic heterocycles. The highest BCUT2D eigenvalue weighted by Gasteiger charge is 2.23. The van der Waals surface area contributed by atoms with Crippen molar-refractivity contribution < 1.29 is 37.0 Å². The first kappa shape index (κ1) is 36.1. The normalized spacial score (nSPS) is 10.9. The number of ether oxygens (including phenoxy) is 3. The highest BCUT2D eigenvalue weighted by molar-refractivity contribution is 6.07. The summed E-state index contributed by atoms with van der Waals surface area (Å²) in [7, 11) is 1.54. The van der Waals surface area contributed by atoms with Gasteiger partial charge in [0.05, 0.1) is 24.6 Å². The number of carbonyl (C=O) groups excluding carboxylic acids is 2. The lowest BCUT2D eigenvalue weighted by Crippen LogP contribution is -2.17. The zero-order chi connectivity index (χ0) is 37.6. The van der Waals surface area contributed by atoms with E-state index in [0.29, 0.717) is 22.6 Å². The maximum absolute atomic E-state index is 15.4. The van der Waals surface area contributed by atoms with Gasteiger partial charge >= 0.3 is 11.9 Å². The minimum absolute atomic E-state index is 0.0273. The van der Waals surface area contributed by atoms with Gasteiger partial charge in [0.1, 0.15) is 51.7 Å². The van der Waals surface area contributed by atoms with E-state index >= 15 is 8.78 Å². The topological polar surface area (TPSA) is 112 Å². The maximum atomic E-state index is 15.4. The lowest BCUT2D eigenvalue weighted by atomic mass is 10.0. The van der Waals surface area contributed by atoms with Crippen LogP contribution >= 0.6 is 0 Å². The van der Waals surface area contributed by atoms with Crippen molar-refractivity contribution in [1.82, 2.24) is 9.97 Å². The number of esters is 2. The summed E-state index contributed by atoms with van der Waals surface area (Å²) in [4.78, 5) is 35.2. The Hall–Kier alpha value is -6.69. The van der Waals surface area contributed by atoms with Crippen LogP contribution in [0.3, 0.4) is 0 Å². The molecule has 9 nitrogen and oxygen atoms in total. The van der Waals surface area contributed by atoms with Gasteiger partial charge in [-0.05, 0) is 116 Å². The summed E-state index contributed by atoms with van der Waals surface area (Å²) in [6.07, 6.45) is 2.69. The molecule has 0 aliphatic carbocycles. The van der Waals surface area contributed by atoms with Crippen molar-refractivity contribution in [3.05, 3.63) is 144 Å². The maximum Gasteiger partial charge on any atom is 0.349 e. The van der Waals surface area contributed by atoms with Gasteiger partial charge < -0.3 is 24.8 Å². The molecule has 6 aromatic rings. The molecule has 0 unspecified atom stereocenters. The van der Waals surface area contributed by atoms with Gasteiger partial charge in [-0.3, -0.25) is 0 Å². The van der Waals surface area contributed by atoms with Crippen LogP contribution in [0.15, 0.2) is 109 Å². The highest BCUT2D eigenvalue weighted by atomic mass is 19.1. The van der Waals surface area contributed by atoms with E-state index in [0.717, 1.165) is 11.6 Å². The number of halogens is 3. The Morgan fingerprint density at radius 2 is 1.32 bits per heavy atom. The zero-order valence-corrected chi connectivity index (χ0v) is 29.0. The molecule has 0 saturated carbocycles. The molecule has 0 bridgehead atoms. The number of nitrogens with one attached hydrogen (secondary N) is 2. The summed E-state index contributed by atoms with van der Waals surface area (Å²) in [5.41, 5.74) is 1.96. The minimum atomic E-state index is -1.09. The highest BCUT2D eigenvalue weighted by Crippen LogP contribution is 2.32. The smallest absolute Gasteiger partial charge is 0.349 e. The Morgan fingerprint density at radius 1 is 0.660 bits per heavy atom. The first-order chi connectivity index (χ1) is 25.5. The molecule has 0 saturated heterocycles. The predicted molar refractivity (Wildman–Crippen MR) is 195 cm³/mol. The van der Waals surface area contributed by atoms with E-state index in [9.17, 15) is 14.0 Å². The molecule has 12 heteroatoms. The fourth-order valence-corrected chi connectivity index (χ4v) is 5.40. The third-order valence-electron chi connectivity index (χ3n) is 7.93. The van der Waals surface area contributed by atoms with Gasteiger partial charge in [0, 0.05) is 18.0 Å². The lowest BCUT2D eigenvalue weighted by molar-refractivity contribution is 0.0398. The summed E-state index contributed by atoms with van der Waals surface area (Å²) < 4.78 is 61.6. The Morgan fingerprint density at radius 3 is 2.02 bits per heavy atom. The van der Waals surface area contributed by atoms with Crippen LogP contribution in [0.4, 0.5) is 36.2 Å². The largest absolute Gasteiger partial charge is 0.497 e. The number of hydrogen-bond acceptors (Lipinski definition) is 9. The molecule has 268 valence electrons. The molecule has 0 fully saturated rings. The Kier molecular flexibility index (Phi) is 10.7. The fourth-order valence-electron chi connectivity index (χ4n) is 5.40. The minimum Gasteiger partial charge on any atom is -0.497 e. The molecule has 2 N–H and O–H groups in total. The number of anilines is 4. The van der Waals surface area contributed by atoms with Crippen molar-refractivity contribution in [2.75, 3.05) is 17.7 Å². The third kappa shape index (κ3) is 8.45. The molecular weight excluding hydrogens is 685 g/mol. The molecule has 4 aromatic carbocycles. The van der Waals surface area contributed by atoms with Gasteiger partial charge in [0.25, 0.3) is 0 Å². The van der Waals surface area contributed by atoms with Crippen LogP contribution in [0.1, 0.15) is 40.1 Å². The first-order valence-electron chi connectivity index (χ1n) is 16.4. The standard InChI is InChI=1S/C41H33F3N4O5/c1-23(2)52-29-12-13-33(42)31(21-29)27-11-15-37(35(44)20-27)47-38-30(9-6-16-45-38)40(49)53-41(50)32-17-24(3)22-46-39(32)48-36-14-10-26(19-34(36)43)25-7-5-8-28(18-25)51-4/h5-23H,1-4H3,(H,45,47)(H,46,48). The van der Waals surface area contributed by atoms with Gasteiger partial charge in [-0.15, -0.1) is 0 Å². The number of benzene rings is 4. The van der Waals surface area contributed by atoms with E-state index < -0.39 is 29.4 Å². The molecular formula is C41H33F3N4O5. The number of hydrogen-bond donors (Lipinski definition) is 2. The molecule has 2 aromatic heterocycles. The van der Waals surface area contributed by atoms with Gasteiger partial charge in [0.15, 0.2) is 0 Å². The van der Waals surface area contributed by atoms with Crippen molar-refractivity contribution in [2.24, 2.45) is 0 Å². The number of pyridine rings is 2. The molecule has 0 aliphatic rings. The third-order valence-corrected chi connectivity index (χ3v) is 7.93. The summed E-state index contributed by atoms with van der Waals surface area (Å²) in [5, 5.41) is 5.58. The number of carbonyl (C=O) groups is 2. The van der Waals surface area contributed by atoms with Gasteiger partial charge in [-0.1, -0.05) is 24.3 Å². The van der Waals surface area contributed by atoms with Crippen LogP contribution in [0.5, 0.6) is 11.5 Å². The van der Waals surface area contributed by atoms with Crippen molar-refractivity contribution in [3.8, 4) is 33.8 Å². The molecule has 0 radical (unpaired) electrons. The van der Waals surface area contributed by atoms with E-state index in [-0.39, 0.29) is 51.4 Å². The van der Waals surface area contributed by atoms with Crippen LogP contribution in [0, 0.1) is 24.4 Å². The van der Waals surface area contributed by atoms with Crippen LogP contribution < -0.4 is 20.1 Å². The number of nitrogens with zero attached hydrogens (tertiary/aromatic N) is 2. The molecule has 0 spiro atoms. The van der Waals surface area contributed by atoms with Gasteiger partial charge in [-0.25, -0.2) is 32.7 Å². The molecule has 53 heavy (non-hydrogen) atoms. The Bertz CT molecular complexity index is 2330. The summed E-state index contributed by atoms with van der Waals surface area (Å²) in [5.74, 6) is -3.20. The van der Waals surface area contributed by atoms with Crippen molar-refractivity contribution in [3.63, 3.8) is 0 Å². The SMILES string of the molecule is COc1cccc(-c2ccc(Nc3ncc(C)cc3C(=O)OC(=O)c3cccnc3Nc3ccc(-c4cc(OC(C)C)ccc4F)cc3F)c(F)c2)c1. The zero-order valence-electron chi connectivity index (χ0n) is 29.0. The second-order valence-corrected chi connectivity index (χ2v) is 12.2. The van der Waals surface area contributed by atoms with Crippen molar-refractivity contribution in [1.29, 1.82) is 0 Å². The molecule has 2 heterocycles. The molecule has 0 atom stereocenters. The van der Waals surface area contributed by atoms with Crippen LogP contribution in [0.25, 0.3) is 22.3 Å². The number of rotatable bonds is 11. The number of methoxy groups -OCH3 is 1. The second kappa shape index (κ2) is 15.7. The van der Waals surface area contributed by atoms with Gasteiger partial charge in [-0.2, -0.15) is 0 Å². The van der Waals surface area contributed by atoms with E-state index in [2.05, 4.69) is 20.6 Å². The van der Waals surface area contributed by atoms with E-state index in [1.807, 2.05) is 19.9 Å². The Balaban J connectivity index is 1.19. The van der Waals surface area contributed by atoms with Crippen molar-refractivity contribution >= 4 is 34.9 Å². The summed E-state index contributed by atoms with van der Waals surface area (Å²) in [6, 6.07) is 24.2. The average molecular weight is 719 g/mol. The van der Waals surface area contributed by atoms with Crippen LogP contribution in [-0.4, -0.2) is 35.1 Å². The number of aryl methyl sites for hydroxylation is 1. The van der Waals surface area contributed by atoms with Crippen LogP contribution in [-0.2, 0) is 4.74 Å². The second-order valence-electron chi connectivity index (χ2n) is 12.2. The fraction of sp³-hybridized carbons (Fsp3) is 0.122. The van der Waals surface area contributed by atoms with E-state index in [1.165, 1.54) is 73.1 Å². The first-order valence-corrected chi connectivity index (χ1v) is 16.4. The van der Waals surface area contributed by atoms with Crippen LogP contribution in [0.2, 0.25) is 0 Å². The Labute approximate surface area is 303 Å².